The third kappa shape index (κ3) is 5.85. The van der Waals surface area contributed by atoms with Gasteiger partial charge in [-0.1, -0.05) is 18.2 Å². The third-order valence-corrected chi connectivity index (χ3v) is 9.11. The zero-order valence-corrected chi connectivity index (χ0v) is 22.4. The predicted molar refractivity (Wildman–Crippen MR) is 144 cm³/mol. The Morgan fingerprint density at radius 3 is 2.84 bits per heavy atom. The molecular formula is C26H31N5O4S2. The average molecular weight is 542 g/mol. The van der Waals surface area contributed by atoms with Gasteiger partial charge in [0.05, 0.1) is 25.4 Å². The number of carbonyl (C=O) groups is 1. The molecular weight excluding hydrogens is 510 g/mol. The molecule has 1 amide bonds. The Bertz CT molecular complexity index is 1410. The summed E-state index contributed by atoms with van der Waals surface area (Å²) < 4.78 is 41.6. The minimum Gasteiger partial charge on any atom is -0.497 e. The van der Waals surface area contributed by atoms with Crippen molar-refractivity contribution in [3.05, 3.63) is 53.6 Å². The summed E-state index contributed by atoms with van der Waals surface area (Å²) in [5.41, 5.74) is 4.79. The number of carbonyl (C=O) groups excluding carboxylic acids is 1. The normalized spacial score (nSPS) is 16.5. The number of aryl methyl sites for hydroxylation is 1. The topological polar surface area (TPSA) is 114 Å². The van der Waals surface area contributed by atoms with Gasteiger partial charge in [0.1, 0.15) is 21.7 Å². The van der Waals surface area contributed by atoms with E-state index in [1.807, 2.05) is 6.07 Å². The Balaban J connectivity index is 1.07. The van der Waals surface area contributed by atoms with Crippen LogP contribution < -0.4 is 14.8 Å². The Hall–Kier alpha value is -2.86. The summed E-state index contributed by atoms with van der Waals surface area (Å²) in [6.07, 6.45) is 6.19. The minimum absolute atomic E-state index is 0.0467. The van der Waals surface area contributed by atoms with Crippen LogP contribution in [0, 0.1) is 5.92 Å². The number of piperidine rings is 1. The van der Waals surface area contributed by atoms with Gasteiger partial charge in [0.2, 0.25) is 15.9 Å². The molecule has 2 aromatic carbocycles. The van der Waals surface area contributed by atoms with Crippen molar-refractivity contribution in [1.82, 2.24) is 23.7 Å². The van der Waals surface area contributed by atoms with Crippen LogP contribution in [-0.4, -0.2) is 67.8 Å². The molecule has 9 nitrogen and oxygen atoms in total. The van der Waals surface area contributed by atoms with E-state index < -0.39 is 10.0 Å². The maximum Gasteiger partial charge on any atom is 0.243 e. The average Bonchev–Trinajstić information content (AvgIpc) is 3.41. The molecule has 1 aliphatic carbocycles. The maximum absolute atomic E-state index is 12.8. The van der Waals surface area contributed by atoms with Crippen LogP contribution in [0.2, 0.25) is 0 Å². The van der Waals surface area contributed by atoms with E-state index in [1.54, 1.807) is 24.1 Å². The monoisotopic (exact) mass is 541 g/mol. The number of nitrogens with one attached hydrogen (secondary N) is 2. The molecule has 0 bridgehead atoms. The number of sulfonamides is 1. The number of methoxy groups -OCH3 is 1. The summed E-state index contributed by atoms with van der Waals surface area (Å²) in [4.78, 5) is 14.5. The van der Waals surface area contributed by atoms with Gasteiger partial charge in [0, 0.05) is 19.6 Å². The van der Waals surface area contributed by atoms with E-state index in [-0.39, 0.29) is 17.3 Å². The van der Waals surface area contributed by atoms with Crippen molar-refractivity contribution >= 4 is 44.3 Å². The van der Waals surface area contributed by atoms with Crippen molar-refractivity contribution in [1.29, 1.82) is 0 Å². The lowest BCUT2D eigenvalue weighted by Crippen LogP contribution is -2.45. The van der Waals surface area contributed by atoms with E-state index in [9.17, 15) is 13.2 Å². The van der Waals surface area contributed by atoms with Crippen molar-refractivity contribution < 1.29 is 17.9 Å². The molecule has 0 unspecified atom stereocenters. The Morgan fingerprint density at radius 1 is 1.19 bits per heavy atom. The number of nitrogens with zero attached hydrogens (tertiary/aromatic N) is 3. The van der Waals surface area contributed by atoms with E-state index >= 15 is 0 Å². The zero-order valence-electron chi connectivity index (χ0n) is 20.8. The molecule has 1 saturated heterocycles. The van der Waals surface area contributed by atoms with Gasteiger partial charge in [0.25, 0.3) is 0 Å². The van der Waals surface area contributed by atoms with Gasteiger partial charge in [-0.25, -0.2) is 13.1 Å². The van der Waals surface area contributed by atoms with E-state index in [4.69, 9.17) is 4.74 Å². The molecule has 37 heavy (non-hydrogen) atoms. The smallest absolute Gasteiger partial charge is 0.243 e. The Morgan fingerprint density at radius 2 is 2.03 bits per heavy atom. The molecule has 3 aromatic rings. The molecule has 196 valence electrons. The van der Waals surface area contributed by atoms with Gasteiger partial charge < -0.3 is 15.0 Å². The molecule has 2 heterocycles. The number of ether oxygens (including phenoxy) is 1. The van der Waals surface area contributed by atoms with Crippen LogP contribution in [0.3, 0.4) is 0 Å². The summed E-state index contributed by atoms with van der Waals surface area (Å²) >= 11 is 0.962. The Labute approximate surface area is 221 Å². The molecule has 11 heteroatoms. The highest BCUT2D eigenvalue weighted by molar-refractivity contribution is 7.89. The molecule has 5 rings (SSSR count). The highest BCUT2D eigenvalue weighted by Crippen LogP contribution is 2.29. The fourth-order valence-electron chi connectivity index (χ4n) is 5.02. The summed E-state index contributed by atoms with van der Waals surface area (Å²) in [5.74, 6) is 1.14. The summed E-state index contributed by atoms with van der Waals surface area (Å²) in [6.45, 7) is 2.68. The predicted octanol–water partition coefficient (Wildman–Crippen LogP) is 2.84. The SMILES string of the molecule is COc1ccc2c(c1)C(CNCC1CCN(C(=O)CNS(=O)(=O)c3cccc4nsnc34)CC1)=CCC2. The Kier molecular flexibility index (Phi) is 7.84. The number of fused-ring (bicyclic) bond motifs is 2. The zero-order chi connectivity index (χ0) is 25.8. The maximum atomic E-state index is 12.8. The molecule has 2 aliphatic rings. The van der Waals surface area contributed by atoms with Crippen molar-refractivity contribution in [3.63, 3.8) is 0 Å². The lowest BCUT2D eigenvalue weighted by molar-refractivity contribution is -0.131. The summed E-state index contributed by atoms with van der Waals surface area (Å²) in [6, 6.07) is 11.1. The minimum atomic E-state index is -3.87. The second kappa shape index (κ2) is 11.3. The van der Waals surface area contributed by atoms with E-state index in [1.165, 1.54) is 22.8 Å². The number of rotatable bonds is 9. The highest BCUT2D eigenvalue weighted by Gasteiger charge is 2.25. The van der Waals surface area contributed by atoms with Gasteiger partial charge in [-0.15, -0.1) is 0 Å². The van der Waals surface area contributed by atoms with Crippen LogP contribution in [0.25, 0.3) is 16.6 Å². The van der Waals surface area contributed by atoms with Crippen LogP contribution >= 0.6 is 11.7 Å². The van der Waals surface area contributed by atoms with Crippen LogP contribution in [0.1, 0.15) is 30.4 Å². The first-order valence-corrected chi connectivity index (χ1v) is 14.7. The number of aromatic nitrogens is 2. The van der Waals surface area contributed by atoms with Gasteiger partial charge in [-0.3, -0.25) is 4.79 Å². The van der Waals surface area contributed by atoms with Gasteiger partial charge in [-0.05, 0) is 79.1 Å². The quantitative estimate of drug-likeness (QED) is 0.428. The van der Waals surface area contributed by atoms with Crippen molar-refractivity contribution in [2.45, 2.75) is 30.6 Å². The van der Waals surface area contributed by atoms with Crippen molar-refractivity contribution in [2.24, 2.45) is 5.92 Å². The number of benzene rings is 2. The van der Waals surface area contributed by atoms with Crippen LogP contribution in [0.5, 0.6) is 5.75 Å². The second-order valence-electron chi connectivity index (χ2n) is 9.46. The number of hydrogen-bond donors (Lipinski definition) is 2. The lowest BCUT2D eigenvalue weighted by Gasteiger charge is -2.32. The van der Waals surface area contributed by atoms with Crippen LogP contribution in [0.4, 0.5) is 0 Å². The molecule has 0 atom stereocenters. The van der Waals surface area contributed by atoms with Crippen molar-refractivity contribution in [3.8, 4) is 5.75 Å². The van der Waals surface area contributed by atoms with E-state index in [0.717, 1.165) is 56.3 Å². The highest BCUT2D eigenvalue weighted by atomic mass is 32.2. The van der Waals surface area contributed by atoms with E-state index in [2.05, 4.69) is 37.0 Å². The molecule has 0 spiro atoms. The fourth-order valence-corrected chi connectivity index (χ4v) is 6.76. The van der Waals surface area contributed by atoms with Crippen LogP contribution in [0.15, 0.2) is 47.4 Å². The van der Waals surface area contributed by atoms with Gasteiger partial charge in [-0.2, -0.15) is 8.75 Å². The van der Waals surface area contributed by atoms with Gasteiger partial charge in [0.15, 0.2) is 0 Å². The molecule has 0 saturated carbocycles. The molecule has 0 radical (unpaired) electrons. The van der Waals surface area contributed by atoms with E-state index in [0.29, 0.717) is 30.0 Å². The van der Waals surface area contributed by atoms with Gasteiger partial charge >= 0.3 is 0 Å². The largest absolute Gasteiger partial charge is 0.497 e. The fraction of sp³-hybridized carbons (Fsp3) is 0.423. The molecule has 1 aromatic heterocycles. The standard InChI is InChI=1S/C26H31N5O4S2/c1-35-21-9-8-19-4-2-5-20(22(19)14-21)16-27-15-18-10-12-31(13-11-18)25(32)17-28-37(33,34)24-7-3-6-23-26(24)30-36-29-23/h3,5-9,14,18,27-28H,2,4,10-13,15-17H2,1H3. The lowest BCUT2D eigenvalue weighted by atomic mass is 9.90. The number of allylic oxidation sites excluding steroid dienone is 1. The summed E-state index contributed by atoms with van der Waals surface area (Å²) in [7, 11) is -2.17. The number of hydrogen-bond acceptors (Lipinski definition) is 8. The first kappa shape index (κ1) is 25.8. The number of amides is 1. The molecule has 1 fully saturated rings. The first-order valence-electron chi connectivity index (χ1n) is 12.5. The number of likely N-dealkylation sites (tertiary alicyclic amines) is 1. The molecule has 1 aliphatic heterocycles. The first-order chi connectivity index (χ1) is 17.9. The summed E-state index contributed by atoms with van der Waals surface area (Å²) in [5, 5.41) is 3.61. The van der Waals surface area contributed by atoms with Crippen molar-refractivity contribution in [2.75, 3.05) is 39.8 Å². The molecule has 2 N–H and O–H groups in total. The van der Waals surface area contributed by atoms with Crippen LogP contribution in [-0.2, 0) is 21.2 Å². The third-order valence-electron chi connectivity index (χ3n) is 7.14. The second-order valence-corrected chi connectivity index (χ2v) is 11.7.